The van der Waals surface area contributed by atoms with Crippen molar-refractivity contribution in [1.29, 1.82) is 0 Å². The van der Waals surface area contributed by atoms with Crippen LogP contribution in [0.25, 0.3) is 77.2 Å². The smallest absolute Gasteiger partial charge is 0.135 e. The Balaban J connectivity index is 1.02. The minimum atomic E-state index is -0.111. The van der Waals surface area contributed by atoms with Crippen molar-refractivity contribution in [1.82, 2.24) is 0 Å². The summed E-state index contributed by atoms with van der Waals surface area (Å²) < 4.78 is 6.18. The molecule has 9 aromatic carbocycles. The van der Waals surface area contributed by atoms with Crippen LogP contribution in [0.5, 0.6) is 0 Å². The molecule has 0 saturated heterocycles. The molecule has 1 heterocycles. The van der Waals surface area contributed by atoms with Crippen molar-refractivity contribution in [2.24, 2.45) is 0 Å². The molecule has 270 valence electrons. The molecule has 0 spiro atoms. The highest BCUT2D eigenvalue weighted by atomic mass is 16.3. The molecule has 0 N–H and O–H groups in total. The summed E-state index contributed by atoms with van der Waals surface area (Å²) in [5.74, 6) is 0. The standard InChI is InChI=1S/C55H39NO/c1-55(2)49-20-7-5-18-47(49)54-50(55)21-11-22-51(54)56(43-15-9-14-40(34-43)41-30-33-53-48(35-41)46-17-6-8-23-52(46)57-53)42-31-28-37(29-32-42)36-24-26-39(27-25-36)45-19-10-13-38-12-3-4-16-44(38)45/h3-35H,1-2H3. The highest BCUT2D eigenvalue weighted by Gasteiger charge is 2.37. The van der Waals surface area contributed by atoms with Gasteiger partial charge in [-0.25, -0.2) is 0 Å². The number of para-hydroxylation sites is 1. The van der Waals surface area contributed by atoms with Gasteiger partial charge in [0.1, 0.15) is 11.2 Å². The summed E-state index contributed by atoms with van der Waals surface area (Å²) in [7, 11) is 0. The van der Waals surface area contributed by atoms with E-state index in [9.17, 15) is 0 Å². The number of hydrogen-bond acceptors (Lipinski definition) is 2. The molecule has 0 atom stereocenters. The molecule has 2 nitrogen and oxygen atoms in total. The summed E-state index contributed by atoms with van der Waals surface area (Å²) in [6, 6.07) is 72.7. The second-order valence-electron chi connectivity index (χ2n) is 15.7. The molecule has 1 aromatic heterocycles. The van der Waals surface area contributed by atoms with Crippen LogP contribution < -0.4 is 4.90 Å². The summed E-state index contributed by atoms with van der Waals surface area (Å²) in [6.45, 7) is 4.70. The van der Waals surface area contributed by atoms with Gasteiger partial charge >= 0.3 is 0 Å². The van der Waals surface area contributed by atoms with Gasteiger partial charge in [0, 0.05) is 33.1 Å². The van der Waals surface area contributed by atoms with Crippen LogP contribution >= 0.6 is 0 Å². The number of benzene rings is 9. The van der Waals surface area contributed by atoms with E-state index in [0.717, 1.165) is 44.4 Å². The SMILES string of the molecule is CC1(C)c2ccccc2-c2c(N(c3ccc(-c4ccc(-c5cccc6ccccc56)cc4)cc3)c3cccc(-c4ccc5oc6ccccc6c5c4)c3)cccc21. The van der Waals surface area contributed by atoms with Crippen LogP contribution in [-0.2, 0) is 5.41 Å². The topological polar surface area (TPSA) is 16.4 Å². The van der Waals surface area contributed by atoms with E-state index in [1.807, 2.05) is 12.1 Å². The fourth-order valence-corrected chi connectivity index (χ4v) is 9.20. The Hall–Kier alpha value is -7.16. The molecule has 0 radical (unpaired) electrons. The largest absolute Gasteiger partial charge is 0.456 e. The highest BCUT2D eigenvalue weighted by Crippen LogP contribution is 2.54. The lowest BCUT2D eigenvalue weighted by Crippen LogP contribution is -2.16. The maximum Gasteiger partial charge on any atom is 0.135 e. The minimum absolute atomic E-state index is 0.111. The van der Waals surface area contributed by atoms with Crippen molar-refractivity contribution >= 4 is 49.8 Å². The first-order valence-corrected chi connectivity index (χ1v) is 19.8. The Bertz CT molecular complexity index is 3140. The van der Waals surface area contributed by atoms with Gasteiger partial charge in [0.15, 0.2) is 0 Å². The van der Waals surface area contributed by atoms with Crippen LogP contribution in [0.15, 0.2) is 205 Å². The van der Waals surface area contributed by atoms with Gasteiger partial charge in [-0.15, -0.1) is 0 Å². The lowest BCUT2D eigenvalue weighted by atomic mass is 9.82. The number of furan rings is 1. The normalized spacial score (nSPS) is 12.9. The first-order chi connectivity index (χ1) is 28.0. The second kappa shape index (κ2) is 13.0. The van der Waals surface area contributed by atoms with E-state index in [1.165, 1.54) is 61.0 Å². The highest BCUT2D eigenvalue weighted by molar-refractivity contribution is 6.06. The zero-order chi connectivity index (χ0) is 38.1. The molecular weight excluding hydrogens is 691 g/mol. The summed E-state index contributed by atoms with van der Waals surface area (Å²) in [5, 5.41) is 4.80. The molecular formula is C55H39NO. The molecule has 0 amide bonds. The van der Waals surface area contributed by atoms with Crippen molar-refractivity contribution in [2.45, 2.75) is 19.3 Å². The fraction of sp³-hybridized carbons (Fsp3) is 0.0545. The van der Waals surface area contributed by atoms with Crippen molar-refractivity contribution < 1.29 is 4.42 Å². The van der Waals surface area contributed by atoms with Gasteiger partial charge in [0.2, 0.25) is 0 Å². The molecule has 10 aromatic rings. The van der Waals surface area contributed by atoms with E-state index in [-0.39, 0.29) is 5.41 Å². The van der Waals surface area contributed by atoms with Crippen LogP contribution in [0, 0.1) is 0 Å². The molecule has 57 heavy (non-hydrogen) atoms. The van der Waals surface area contributed by atoms with E-state index < -0.39 is 0 Å². The van der Waals surface area contributed by atoms with Crippen molar-refractivity contribution in [3.63, 3.8) is 0 Å². The van der Waals surface area contributed by atoms with Gasteiger partial charge in [-0.05, 0) is 109 Å². The number of fused-ring (bicyclic) bond motifs is 7. The van der Waals surface area contributed by atoms with E-state index in [0.29, 0.717) is 0 Å². The van der Waals surface area contributed by atoms with Gasteiger partial charge in [0.05, 0.1) is 5.69 Å². The third-order valence-corrected chi connectivity index (χ3v) is 12.1. The molecule has 1 aliphatic rings. The van der Waals surface area contributed by atoms with Crippen LogP contribution in [-0.4, -0.2) is 0 Å². The Morgan fingerprint density at radius 2 is 0.982 bits per heavy atom. The third kappa shape index (κ3) is 5.40. The van der Waals surface area contributed by atoms with Crippen molar-refractivity contribution in [2.75, 3.05) is 4.90 Å². The zero-order valence-corrected chi connectivity index (χ0v) is 31.9. The Morgan fingerprint density at radius 3 is 1.84 bits per heavy atom. The molecule has 1 aliphatic carbocycles. The van der Waals surface area contributed by atoms with E-state index in [1.54, 1.807) is 0 Å². The monoisotopic (exact) mass is 729 g/mol. The molecule has 0 aliphatic heterocycles. The van der Waals surface area contributed by atoms with Gasteiger partial charge < -0.3 is 9.32 Å². The van der Waals surface area contributed by atoms with Crippen LogP contribution in [0.4, 0.5) is 17.1 Å². The van der Waals surface area contributed by atoms with Gasteiger partial charge in [-0.1, -0.05) is 166 Å². The average Bonchev–Trinajstić information content (AvgIpc) is 3.76. The molecule has 2 heteroatoms. The molecule has 0 saturated carbocycles. The average molecular weight is 730 g/mol. The first kappa shape index (κ1) is 33.2. The van der Waals surface area contributed by atoms with Crippen LogP contribution in [0.1, 0.15) is 25.0 Å². The van der Waals surface area contributed by atoms with Gasteiger partial charge in [-0.3, -0.25) is 0 Å². The van der Waals surface area contributed by atoms with E-state index in [4.69, 9.17) is 4.42 Å². The fourth-order valence-electron chi connectivity index (χ4n) is 9.20. The van der Waals surface area contributed by atoms with E-state index in [2.05, 4.69) is 207 Å². The molecule has 0 bridgehead atoms. The summed E-state index contributed by atoms with van der Waals surface area (Å²) in [5.41, 5.74) is 17.6. The Kier molecular flexibility index (Phi) is 7.55. The molecule has 11 rings (SSSR count). The molecule has 0 fully saturated rings. The summed E-state index contributed by atoms with van der Waals surface area (Å²) >= 11 is 0. The maximum atomic E-state index is 6.18. The lowest BCUT2D eigenvalue weighted by molar-refractivity contribution is 0.660. The lowest BCUT2D eigenvalue weighted by Gasteiger charge is -2.29. The third-order valence-electron chi connectivity index (χ3n) is 12.1. The first-order valence-electron chi connectivity index (χ1n) is 19.8. The van der Waals surface area contributed by atoms with Crippen LogP contribution in [0.2, 0.25) is 0 Å². The number of rotatable bonds is 6. The van der Waals surface area contributed by atoms with E-state index >= 15 is 0 Å². The minimum Gasteiger partial charge on any atom is -0.456 e. The maximum absolute atomic E-state index is 6.18. The number of nitrogens with zero attached hydrogens (tertiary/aromatic N) is 1. The van der Waals surface area contributed by atoms with Gasteiger partial charge in [0.25, 0.3) is 0 Å². The Labute approximate surface area is 332 Å². The van der Waals surface area contributed by atoms with Crippen molar-refractivity contribution in [3.8, 4) is 44.5 Å². The second-order valence-corrected chi connectivity index (χ2v) is 15.7. The van der Waals surface area contributed by atoms with Gasteiger partial charge in [-0.2, -0.15) is 0 Å². The number of hydrogen-bond donors (Lipinski definition) is 0. The van der Waals surface area contributed by atoms with Crippen LogP contribution in [0.3, 0.4) is 0 Å². The molecule has 0 unspecified atom stereocenters. The predicted molar refractivity (Wildman–Crippen MR) is 240 cm³/mol. The van der Waals surface area contributed by atoms with Crippen molar-refractivity contribution in [3.05, 3.63) is 211 Å². The number of anilines is 3. The Morgan fingerprint density at radius 1 is 0.386 bits per heavy atom. The summed E-state index contributed by atoms with van der Waals surface area (Å²) in [6.07, 6.45) is 0. The summed E-state index contributed by atoms with van der Waals surface area (Å²) in [4.78, 5) is 2.44. The quantitative estimate of drug-likeness (QED) is 0.169. The zero-order valence-electron chi connectivity index (χ0n) is 31.9. The predicted octanol–water partition coefficient (Wildman–Crippen LogP) is 15.5.